The van der Waals surface area contributed by atoms with Crippen molar-refractivity contribution in [1.29, 1.82) is 0 Å². The van der Waals surface area contributed by atoms with E-state index in [-0.39, 0.29) is 22.0 Å². The second-order valence-electron chi connectivity index (χ2n) is 4.60. The van der Waals surface area contributed by atoms with Crippen molar-refractivity contribution < 1.29 is 9.90 Å². The van der Waals surface area contributed by atoms with Gasteiger partial charge in [-0.3, -0.25) is 4.79 Å². The first kappa shape index (κ1) is 15.5. The van der Waals surface area contributed by atoms with Crippen molar-refractivity contribution in [2.75, 3.05) is 6.54 Å². The van der Waals surface area contributed by atoms with E-state index in [9.17, 15) is 9.90 Å². The lowest BCUT2D eigenvalue weighted by atomic mass is 10.1. The SMILES string of the molecule is CC(C)CC(Br)CNC(=O)c1cc(Br)ccc1O. The van der Waals surface area contributed by atoms with Gasteiger partial charge in [-0.2, -0.15) is 0 Å². The summed E-state index contributed by atoms with van der Waals surface area (Å²) in [5, 5.41) is 12.4. The maximum atomic E-state index is 11.9. The summed E-state index contributed by atoms with van der Waals surface area (Å²) in [6, 6.07) is 4.80. The van der Waals surface area contributed by atoms with Crippen LogP contribution in [0.25, 0.3) is 0 Å². The molecule has 1 rings (SSSR count). The van der Waals surface area contributed by atoms with E-state index in [1.54, 1.807) is 12.1 Å². The van der Waals surface area contributed by atoms with E-state index in [4.69, 9.17) is 0 Å². The van der Waals surface area contributed by atoms with Crippen LogP contribution in [0.2, 0.25) is 0 Å². The smallest absolute Gasteiger partial charge is 0.255 e. The Morgan fingerprint density at radius 3 is 2.72 bits per heavy atom. The van der Waals surface area contributed by atoms with Crippen molar-refractivity contribution in [2.24, 2.45) is 5.92 Å². The highest BCUT2D eigenvalue weighted by Crippen LogP contribution is 2.21. The van der Waals surface area contributed by atoms with Crippen molar-refractivity contribution in [3.05, 3.63) is 28.2 Å². The second-order valence-corrected chi connectivity index (χ2v) is 6.81. The molecule has 0 aliphatic heterocycles. The number of phenols is 1. The number of hydrogen-bond acceptors (Lipinski definition) is 2. The van der Waals surface area contributed by atoms with Crippen LogP contribution in [-0.2, 0) is 0 Å². The Labute approximate surface area is 124 Å². The zero-order chi connectivity index (χ0) is 13.7. The number of benzene rings is 1. The highest BCUT2D eigenvalue weighted by Gasteiger charge is 2.13. The third kappa shape index (κ3) is 4.98. The molecule has 3 nitrogen and oxygen atoms in total. The molecule has 0 fully saturated rings. The standard InChI is InChI=1S/C13H17Br2NO2/c1-8(2)5-10(15)7-16-13(18)11-6-9(14)3-4-12(11)17/h3-4,6,8,10,17H,5,7H2,1-2H3,(H,16,18). The molecule has 100 valence electrons. The van der Waals surface area contributed by atoms with Gasteiger partial charge in [-0.15, -0.1) is 0 Å². The number of amides is 1. The summed E-state index contributed by atoms with van der Waals surface area (Å²) < 4.78 is 0.767. The zero-order valence-corrected chi connectivity index (χ0v) is 13.6. The summed E-state index contributed by atoms with van der Waals surface area (Å²) in [5.74, 6) is 0.304. The minimum atomic E-state index is -0.262. The number of alkyl halides is 1. The Bertz CT molecular complexity index is 421. The average molecular weight is 379 g/mol. The van der Waals surface area contributed by atoms with Gasteiger partial charge in [0.05, 0.1) is 5.56 Å². The summed E-state index contributed by atoms with van der Waals surface area (Å²) in [4.78, 5) is 12.1. The number of carbonyl (C=O) groups is 1. The lowest BCUT2D eigenvalue weighted by Gasteiger charge is -2.13. The van der Waals surface area contributed by atoms with Crippen molar-refractivity contribution in [3.8, 4) is 5.75 Å². The van der Waals surface area contributed by atoms with Crippen molar-refractivity contribution in [2.45, 2.75) is 25.1 Å². The number of hydrogen-bond donors (Lipinski definition) is 2. The Hall–Kier alpha value is -0.550. The molecule has 1 atom stereocenters. The van der Waals surface area contributed by atoms with Gasteiger partial charge in [0.2, 0.25) is 0 Å². The Kier molecular flexibility index (Phi) is 6.15. The van der Waals surface area contributed by atoms with Gasteiger partial charge in [0, 0.05) is 15.8 Å². The summed E-state index contributed by atoms with van der Waals surface area (Å²) >= 11 is 6.80. The first-order chi connectivity index (χ1) is 8.40. The minimum Gasteiger partial charge on any atom is -0.507 e. The topological polar surface area (TPSA) is 49.3 Å². The van der Waals surface area contributed by atoms with E-state index in [1.165, 1.54) is 6.07 Å². The molecule has 2 N–H and O–H groups in total. The maximum Gasteiger partial charge on any atom is 0.255 e. The molecule has 5 heteroatoms. The zero-order valence-electron chi connectivity index (χ0n) is 10.4. The van der Waals surface area contributed by atoms with Gasteiger partial charge in [-0.1, -0.05) is 45.7 Å². The lowest BCUT2D eigenvalue weighted by Crippen LogP contribution is -2.30. The second kappa shape index (κ2) is 7.14. The molecule has 0 bridgehead atoms. The predicted octanol–water partition coefficient (Wildman–Crippen LogP) is 3.69. The van der Waals surface area contributed by atoms with E-state index in [2.05, 4.69) is 51.0 Å². The number of halogens is 2. The Morgan fingerprint density at radius 1 is 1.44 bits per heavy atom. The molecule has 18 heavy (non-hydrogen) atoms. The normalized spacial score (nSPS) is 12.5. The van der Waals surface area contributed by atoms with Gasteiger partial charge < -0.3 is 10.4 Å². The molecule has 0 radical (unpaired) electrons. The van der Waals surface area contributed by atoms with Crippen LogP contribution in [0.5, 0.6) is 5.75 Å². The third-order valence-electron chi connectivity index (χ3n) is 2.41. The van der Waals surface area contributed by atoms with E-state index < -0.39 is 0 Å². The van der Waals surface area contributed by atoms with E-state index in [1.807, 2.05) is 0 Å². The minimum absolute atomic E-state index is 0.00863. The van der Waals surface area contributed by atoms with Crippen molar-refractivity contribution in [1.82, 2.24) is 5.32 Å². The summed E-state index contributed by atoms with van der Waals surface area (Å²) in [7, 11) is 0. The van der Waals surface area contributed by atoms with E-state index in [0.29, 0.717) is 12.5 Å². The van der Waals surface area contributed by atoms with Gasteiger partial charge in [0.1, 0.15) is 5.75 Å². The number of rotatable bonds is 5. The molecule has 0 aliphatic carbocycles. The van der Waals surface area contributed by atoms with Crippen LogP contribution in [-0.4, -0.2) is 22.4 Å². The number of phenolic OH excluding ortho intramolecular Hbond substituents is 1. The summed E-state index contributed by atoms with van der Waals surface area (Å²) in [6.07, 6.45) is 0.991. The number of carbonyl (C=O) groups excluding carboxylic acids is 1. The van der Waals surface area contributed by atoms with Crippen LogP contribution >= 0.6 is 31.9 Å². The largest absolute Gasteiger partial charge is 0.507 e. The van der Waals surface area contributed by atoms with Crippen LogP contribution in [0.3, 0.4) is 0 Å². The van der Waals surface area contributed by atoms with Crippen LogP contribution in [0.1, 0.15) is 30.6 Å². The monoisotopic (exact) mass is 377 g/mol. The van der Waals surface area contributed by atoms with Gasteiger partial charge in [0.25, 0.3) is 5.91 Å². The number of aromatic hydroxyl groups is 1. The molecule has 1 amide bonds. The molecule has 1 aromatic rings. The van der Waals surface area contributed by atoms with Crippen LogP contribution in [0.4, 0.5) is 0 Å². The molecule has 0 heterocycles. The quantitative estimate of drug-likeness (QED) is 0.767. The van der Waals surface area contributed by atoms with Crippen molar-refractivity contribution in [3.63, 3.8) is 0 Å². The molecular formula is C13H17Br2NO2. The van der Waals surface area contributed by atoms with Crippen molar-refractivity contribution >= 4 is 37.8 Å². The molecule has 1 unspecified atom stereocenters. The molecule has 0 aromatic heterocycles. The molecular weight excluding hydrogens is 362 g/mol. The Morgan fingerprint density at radius 2 is 2.11 bits per heavy atom. The Balaban J connectivity index is 2.58. The van der Waals surface area contributed by atoms with E-state index in [0.717, 1.165) is 10.9 Å². The van der Waals surface area contributed by atoms with Gasteiger partial charge in [-0.25, -0.2) is 0 Å². The molecule has 0 aliphatic rings. The third-order valence-corrected chi connectivity index (χ3v) is 3.61. The fourth-order valence-electron chi connectivity index (χ4n) is 1.58. The van der Waals surface area contributed by atoms with Gasteiger partial charge >= 0.3 is 0 Å². The first-order valence-electron chi connectivity index (χ1n) is 5.81. The maximum absolute atomic E-state index is 11.9. The van der Waals surface area contributed by atoms with Crippen LogP contribution in [0, 0.1) is 5.92 Å². The lowest BCUT2D eigenvalue weighted by molar-refractivity contribution is 0.0950. The summed E-state index contributed by atoms with van der Waals surface area (Å²) in [6.45, 7) is 4.81. The first-order valence-corrected chi connectivity index (χ1v) is 7.51. The molecule has 0 spiro atoms. The fourth-order valence-corrected chi connectivity index (χ4v) is 2.85. The molecule has 1 aromatic carbocycles. The van der Waals surface area contributed by atoms with Crippen LogP contribution in [0.15, 0.2) is 22.7 Å². The van der Waals surface area contributed by atoms with Crippen LogP contribution < -0.4 is 5.32 Å². The average Bonchev–Trinajstić information content (AvgIpc) is 2.28. The summed E-state index contributed by atoms with van der Waals surface area (Å²) in [5.41, 5.74) is 0.286. The number of nitrogens with one attached hydrogen (secondary N) is 1. The molecule has 0 saturated carbocycles. The molecule has 0 saturated heterocycles. The highest BCUT2D eigenvalue weighted by atomic mass is 79.9. The predicted molar refractivity (Wildman–Crippen MR) is 80.3 cm³/mol. The fraction of sp³-hybridized carbons (Fsp3) is 0.462. The van der Waals surface area contributed by atoms with Gasteiger partial charge in [-0.05, 0) is 30.5 Å². The van der Waals surface area contributed by atoms with Gasteiger partial charge in [0.15, 0.2) is 0 Å². The van der Waals surface area contributed by atoms with E-state index >= 15 is 0 Å². The highest BCUT2D eigenvalue weighted by molar-refractivity contribution is 9.10.